The highest BCUT2D eigenvalue weighted by molar-refractivity contribution is 5.52. The zero-order valence-electron chi connectivity index (χ0n) is 18.7. The van der Waals surface area contributed by atoms with E-state index in [4.69, 9.17) is 13.9 Å². The van der Waals surface area contributed by atoms with E-state index in [1.807, 2.05) is 0 Å². The van der Waals surface area contributed by atoms with Crippen LogP contribution in [0.4, 0.5) is 0 Å². The highest BCUT2D eigenvalue weighted by Crippen LogP contribution is 2.42. The van der Waals surface area contributed by atoms with Crippen LogP contribution in [0.2, 0.25) is 0 Å². The average Bonchev–Trinajstić information content (AvgIpc) is 2.85. The second-order valence-corrected chi connectivity index (χ2v) is 8.43. The van der Waals surface area contributed by atoms with Gasteiger partial charge in [0.2, 0.25) is 0 Å². The van der Waals surface area contributed by atoms with Crippen LogP contribution in [0, 0.1) is 6.92 Å². The summed E-state index contributed by atoms with van der Waals surface area (Å²) in [5.41, 5.74) is -4.72. The lowest BCUT2D eigenvalue weighted by atomic mass is 9.78. The topological polar surface area (TPSA) is 130 Å². The van der Waals surface area contributed by atoms with Crippen LogP contribution >= 0.6 is 0 Å². The molecule has 0 amide bonds. The molecule has 6 atom stereocenters. The number of allylic oxidation sites excluding steroid dienone is 4. The Kier molecular flexibility index (Phi) is 7.35. The molecule has 0 radical (unpaired) electrons. The van der Waals surface area contributed by atoms with Gasteiger partial charge >= 0.3 is 5.63 Å². The van der Waals surface area contributed by atoms with Crippen molar-refractivity contribution in [3.05, 3.63) is 58.2 Å². The van der Waals surface area contributed by atoms with Gasteiger partial charge in [0.1, 0.15) is 40.5 Å². The van der Waals surface area contributed by atoms with Gasteiger partial charge in [0.25, 0.3) is 0 Å². The van der Waals surface area contributed by atoms with Crippen LogP contribution in [0.25, 0.3) is 6.08 Å². The van der Waals surface area contributed by atoms with Crippen molar-refractivity contribution in [2.45, 2.75) is 69.7 Å². The third kappa shape index (κ3) is 4.99. The summed E-state index contributed by atoms with van der Waals surface area (Å²) in [5, 5.41) is 42.3. The maximum absolute atomic E-state index is 11.5. The zero-order valence-corrected chi connectivity index (χ0v) is 18.7. The molecule has 8 heteroatoms. The number of aliphatic hydroxyl groups is 4. The Balaban J connectivity index is 2.10. The molecule has 2 rings (SSSR count). The van der Waals surface area contributed by atoms with Crippen LogP contribution < -0.4 is 10.4 Å². The standard InChI is InChI=1S/C23H32O8/c1-14-16(30-18(24)13-17(14)29-6)11-9-7-8-10-12-21(3,27)19(25)23(5)20(26)22(4,28)15(2)31-23/h7-13,15,19-20,25-28H,1-6H3/b8-7+,11-9+,12-10+/t15-,19+,20+,21+,22-,23+/m0/s1. The predicted molar refractivity (Wildman–Crippen MR) is 116 cm³/mol. The molecule has 8 nitrogen and oxygen atoms in total. The molecule has 1 saturated heterocycles. The number of rotatable bonds is 7. The van der Waals surface area contributed by atoms with Gasteiger partial charge in [-0.3, -0.25) is 0 Å². The Morgan fingerprint density at radius 3 is 2.42 bits per heavy atom. The van der Waals surface area contributed by atoms with E-state index in [1.165, 1.54) is 46.1 Å². The molecule has 0 spiro atoms. The van der Waals surface area contributed by atoms with Crippen molar-refractivity contribution in [2.75, 3.05) is 7.11 Å². The van der Waals surface area contributed by atoms with Crippen molar-refractivity contribution in [1.82, 2.24) is 0 Å². The van der Waals surface area contributed by atoms with E-state index in [0.717, 1.165) is 0 Å². The molecule has 1 fully saturated rings. The van der Waals surface area contributed by atoms with Crippen LogP contribution in [0.1, 0.15) is 39.0 Å². The van der Waals surface area contributed by atoms with Crippen LogP contribution in [-0.4, -0.2) is 62.7 Å². The fourth-order valence-corrected chi connectivity index (χ4v) is 3.70. The van der Waals surface area contributed by atoms with Gasteiger partial charge in [-0.25, -0.2) is 4.79 Å². The Labute approximate surface area is 181 Å². The first-order chi connectivity index (χ1) is 14.3. The maximum Gasteiger partial charge on any atom is 0.339 e. The molecular weight excluding hydrogens is 404 g/mol. The summed E-state index contributed by atoms with van der Waals surface area (Å²) in [6.45, 7) is 7.61. The predicted octanol–water partition coefficient (Wildman–Crippen LogP) is 1.48. The van der Waals surface area contributed by atoms with Crippen LogP contribution in [0.15, 0.2) is 45.7 Å². The third-order valence-corrected chi connectivity index (χ3v) is 5.88. The smallest absolute Gasteiger partial charge is 0.339 e. The Morgan fingerprint density at radius 2 is 1.87 bits per heavy atom. The van der Waals surface area contributed by atoms with Gasteiger partial charge in [-0.05, 0) is 40.7 Å². The lowest BCUT2D eigenvalue weighted by molar-refractivity contribution is -0.185. The van der Waals surface area contributed by atoms with Crippen molar-refractivity contribution < 1.29 is 34.3 Å². The van der Waals surface area contributed by atoms with Crippen molar-refractivity contribution in [1.29, 1.82) is 0 Å². The second kappa shape index (κ2) is 9.10. The minimum absolute atomic E-state index is 0.363. The number of ether oxygens (including phenoxy) is 2. The van der Waals surface area contributed by atoms with Gasteiger partial charge in [-0.2, -0.15) is 0 Å². The molecule has 0 bridgehead atoms. The molecular formula is C23H32O8. The first-order valence-electron chi connectivity index (χ1n) is 9.97. The Bertz CT molecular complexity index is 924. The lowest BCUT2D eigenvalue weighted by Gasteiger charge is -2.40. The monoisotopic (exact) mass is 436 g/mol. The molecule has 1 aromatic heterocycles. The van der Waals surface area contributed by atoms with Gasteiger partial charge in [0.05, 0.1) is 19.3 Å². The second-order valence-electron chi connectivity index (χ2n) is 8.43. The molecule has 1 aromatic rings. The molecule has 172 valence electrons. The number of methoxy groups -OCH3 is 1. The summed E-state index contributed by atoms with van der Waals surface area (Å²) in [6, 6.07) is 1.27. The van der Waals surface area contributed by atoms with Gasteiger partial charge in [0.15, 0.2) is 0 Å². The quantitative estimate of drug-likeness (QED) is 0.473. The summed E-state index contributed by atoms with van der Waals surface area (Å²) in [5.74, 6) is 0.796. The zero-order chi connectivity index (χ0) is 23.6. The van der Waals surface area contributed by atoms with E-state index in [-0.39, 0.29) is 0 Å². The van der Waals surface area contributed by atoms with Gasteiger partial charge < -0.3 is 34.3 Å². The summed E-state index contributed by atoms with van der Waals surface area (Å²) in [6.07, 6.45) is 5.74. The van der Waals surface area contributed by atoms with Crippen molar-refractivity contribution in [3.63, 3.8) is 0 Å². The van der Waals surface area contributed by atoms with Crippen LogP contribution in [0.5, 0.6) is 5.75 Å². The normalized spacial score (nSPS) is 32.2. The van der Waals surface area contributed by atoms with Gasteiger partial charge in [-0.1, -0.05) is 30.4 Å². The van der Waals surface area contributed by atoms with Crippen LogP contribution in [-0.2, 0) is 4.74 Å². The molecule has 0 aliphatic carbocycles. The lowest BCUT2D eigenvalue weighted by Crippen LogP contribution is -2.60. The van der Waals surface area contributed by atoms with E-state index in [9.17, 15) is 25.2 Å². The summed E-state index contributed by atoms with van der Waals surface area (Å²) < 4.78 is 15.9. The van der Waals surface area contributed by atoms with E-state index in [1.54, 1.807) is 38.2 Å². The highest BCUT2D eigenvalue weighted by Gasteiger charge is 2.62. The fraction of sp³-hybridized carbons (Fsp3) is 0.522. The van der Waals surface area contributed by atoms with E-state index in [2.05, 4.69) is 0 Å². The molecule has 4 N–H and O–H groups in total. The third-order valence-electron chi connectivity index (χ3n) is 5.88. The van der Waals surface area contributed by atoms with Crippen LogP contribution in [0.3, 0.4) is 0 Å². The van der Waals surface area contributed by atoms with Crippen molar-refractivity contribution >= 4 is 6.08 Å². The number of hydrogen-bond acceptors (Lipinski definition) is 8. The SMILES string of the molecule is COc1cc(=O)oc(/C=C/C=C/C=C/[C@@](C)(O)[C@@H](O)[C@@]2(C)O[C@@H](C)[C@](C)(O)[C@H]2O)c1C. The largest absolute Gasteiger partial charge is 0.496 e. The average molecular weight is 437 g/mol. The minimum Gasteiger partial charge on any atom is -0.496 e. The highest BCUT2D eigenvalue weighted by atomic mass is 16.6. The maximum atomic E-state index is 11.5. The first-order valence-corrected chi connectivity index (χ1v) is 9.97. The van der Waals surface area contributed by atoms with Crippen molar-refractivity contribution in [3.8, 4) is 5.75 Å². The number of aliphatic hydroxyl groups excluding tert-OH is 2. The fourth-order valence-electron chi connectivity index (χ4n) is 3.70. The van der Waals surface area contributed by atoms with Gasteiger partial charge in [-0.15, -0.1) is 0 Å². The van der Waals surface area contributed by atoms with Crippen molar-refractivity contribution in [2.24, 2.45) is 0 Å². The van der Waals surface area contributed by atoms with E-state index in [0.29, 0.717) is 17.1 Å². The molecule has 0 saturated carbocycles. The first kappa shape index (κ1) is 25.0. The Morgan fingerprint density at radius 1 is 1.26 bits per heavy atom. The minimum atomic E-state index is -1.75. The van der Waals surface area contributed by atoms with E-state index < -0.39 is 40.7 Å². The Hall–Kier alpha value is -2.23. The summed E-state index contributed by atoms with van der Waals surface area (Å²) in [7, 11) is 1.47. The summed E-state index contributed by atoms with van der Waals surface area (Å²) in [4.78, 5) is 11.5. The van der Waals surface area contributed by atoms with Gasteiger partial charge in [0, 0.05) is 5.56 Å². The van der Waals surface area contributed by atoms with E-state index >= 15 is 0 Å². The molecule has 31 heavy (non-hydrogen) atoms. The molecule has 1 aliphatic heterocycles. The number of hydrogen-bond donors (Lipinski definition) is 4. The molecule has 1 aliphatic rings. The molecule has 0 unspecified atom stereocenters. The molecule has 2 heterocycles. The molecule has 0 aromatic carbocycles. The summed E-state index contributed by atoms with van der Waals surface area (Å²) >= 11 is 0.